The van der Waals surface area contributed by atoms with E-state index in [1.807, 2.05) is 0 Å². The van der Waals surface area contributed by atoms with Gasteiger partial charge >= 0.3 is 0 Å². The predicted molar refractivity (Wildman–Crippen MR) is 91.1 cm³/mol. The molecule has 10 heteroatoms. The maximum Gasteiger partial charge on any atom is 0.114 e. The first-order valence-electron chi connectivity index (χ1n) is 9.16. The minimum Gasteiger partial charge on any atom is -0.388 e. The van der Waals surface area contributed by atoms with Gasteiger partial charge in [0.05, 0.1) is 25.9 Å². The van der Waals surface area contributed by atoms with E-state index in [1.165, 1.54) is 14.2 Å². The summed E-state index contributed by atoms with van der Waals surface area (Å²) in [6, 6.07) is 0. The third-order valence-corrected chi connectivity index (χ3v) is 5.17. The second-order valence-corrected chi connectivity index (χ2v) is 6.98. The molecular formula is C17H32O10. The molecule has 0 amide bonds. The van der Waals surface area contributed by atoms with E-state index >= 15 is 0 Å². The van der Waals surface area contributed by atoms with E-state index in [4.69, 9.17) is 23.7 Å². The summed E-state index contributed by atoms with van der Waals surface area (Å²) < 4.78 is 27.0. The number of ether oxygens (including phenoxy) is 5. The van der Waals surface area contributed by atoms with Gasteiger partial charge in [-0.3, -0.25) is 0 Å². The van der Waals surface area contributed by atoms with Crippen molar-refractivity contribution in [1.29, 1.82) is 0 Å². The van der Waals surface area contributed by atoms with E-state index in [1.54, 1.807) is 6.92 Å². The number of rotatable bonds is 8. The lowest BCUT2D eigenvalue weighted by Gasteiger charge is -2.42. The molecule has 0 bridgehead atoms. The molecule has 160 valence electrons. The van der Waals surface area contributed by atoms with Crippen LogP contribution in [0.2, 0.25) is 0 Å². The van der Waals surface area contributed by atoms with Gasteiger partial charge in [-0.1, -0.05) is 6.92 Å². The first-order valence-corrected chi connectivity index (χ1v) is 9.16. The molecule has 0 aliphatic carbocycles. The molecule has 0 aromatic carbocycles. The Balaban J connectivity index is 1.91. The fourth-order valence-electron chi connectivity index (χ4n) is 3.53. The van der Waals surface area contributed by atoms with Crippen LogP contribution in [-0.4, -0.2) is 121 Å². The third-order valence-electron chi connectivity index (χ3n) is 5.17. The molecule has 10 atom stereocenters. The summed E-state index contributed by atoms with van der Waals surface area (Å²) in [4.78, 5) is 0. The monoisotopic (exact) mass is 396 g/mol. The minimum absolute atomic E-state index is 0.0457. The van der Waals surface area contributed by atoms with Crippen molar-refractivity contribution < 1.29 is 49.2 Å². The Morgan fingerprint density at radius 2 is 1.15 bits per heavy atom. The lowest BCUT2D eigenvalue weighted by molar-refractivity contribution is -0.256. The molecular weight excluding hydrogens is 364 g/mol. The van der Waals surface area contributed by atoms with E-state index in [9.17, 15) is 25.5 Å². The molecule has 0 aromatic rings. The largest absolute Gasteiger partial charge is 0.388 e. The molecule has 2 fully saturated rings. The second-order valence-electron chi connectivity index (χ2n) is 6.98. The Morgan fingerprint density at radius 3 is 1.67 bits per heavy atom. The van der Waals surface area contributed by atoms with Gasteiger partial charge in [0, 0.05) is 14.2 Å². The van der Waals surface area contributed by atoms with Crippen molar-refractivity contribution in [2.75, 3.05) is 34.0 Å². The van der Waals surface area contributed by atoms with Crippen LogP contribution >= 0.6 is 0 Å². The summed E-state index contributed by atoms with van der Waals surface area (Å²) in [6.45, 7) is 1.81. The van der Waals surface area contributed by atoms with E-state index < -0.39 is 61.0 Å². The molecule has 27 heavy (non-hydrogen) atoms. The summed E-state index contributed by atoms with van der Waals surface area (Å²) in [5, 5.41) is 50.4. The number of hydrogen-bond acceptors (Lipinski definition) is 10. The first kappa shape index (κ1) is 22.9. The van der Waals surface area contributed by atoms with Crippen LogP contribution in [0.3, 0.4) is 0 Å². The normalized spacial score (nSPS) is 45.8. The van der Waals surface area contributed by atoms with Gasteiger partial charge in [-0.15, -0.1) is 0 Å². The van der Waals surface area contributed by atoms with Crippen LogP contribution in [0.15, 0.2) is 0 Å². The Morgan fingerprint density at radius 1 is 0.667 bits per heavy atom. The van der Waals surface area contributed by atoms with Crippen molar-refractivity contribution in [3.63, 3.8) is 0 Å². The maximum atomic E-state index is 10.3. The highest BCUT2D eigenvalue weighted by Gasteiger charge is 2.46. The van der Waals surface area contributed by atoms with Crippen molar-refractivity contribution in [1.82, 2.24) is 0 Å². The van der Waals surface area contributed by atoms with Crippen LogP contribution in [0.1, 0.15) is 13.3 Å². The standard InChI is InChI=1S/C17H32O10/c1-4-8-12(18)16(22)13(19)10(26-8)6-25-7-11-15(21)17(24-3)14(20)9(27-11)5-23-2/h8-22H,4-7H2,1-3H3/t8-,9+,10-,11-,12-,13-,14-,15+,16+,17-/m1/s1. The van der Waals surface area contributed by atoms with Gasteiger partial charge < -0.3 is 49.2 Å². The summed E-state index contributed by atoms with van der Waals surface area (Å²) >= 11 is 0. The van der Waals surface area contributed by atoms with Crippen molar-refractivity contribution in [3.05, 3.63) is 0 Å². The van der Waals surface area contributed by atoms with Gasteiger partial charge in [-0.2, -0.15) is 0 Å². The molecule has 5 N–H and O–H groups in total. The fraction of sp³-hybridized carbons (Fsp3) is 1.00. The summed E-state index contributed by atoms with van der Waals surface area (Å²) in [5.41, 5.74) is 0. The summed E-state index contributed by atoms with van der Waals surface area (Å²) in [6.07, 6.45) is -9.24. The van der Waals surface area contributed by atoms with E-state index in [0.29, 0.717) is 6.42 Å². The lowest BCUT2D eigenvalue weighted by atomic mass is 9.94. The zero-order valence-electron chi connectivity index (χ0n) is 15.9. The smallest absolute Gasteiger partial charge is 0.114 e. The Hall–Kier alpha value is -0.400. The average Bonchev–Trinajstić information content (AvgIpc) is 2.65. The van der Waals surface area contributed by atoms with Gasteiger partial charge in [-0.05, 0) is 6.42 Å². The second kappa shape index (κ2) is 10.4. The molecule has 0 unspecified atom stereocenters. The van der Waals surface area contributed by atoms with Crippen LogP contribution in [0.25, 0.3) is 0 Å². The van der Waals surface area contributed by atoms with Crippen molar-refractivity contribution in [2.24, 2.45) is 0 Å². The molecule has 0 saturated carbocycles. The highest BCUT2D eigenvalue weighted by Crippen LogP contribution is 2.26. The Bertz CT molecular complexity index is 436. The SMILES string of the molecule is CC[C@H]1O[C@H](COC[C@H]2O[C@@H](COC)[C@@H](O)[C@@H](OC)[C@H]2O)[C@@H](O)[C@@H](O)[C@@H]1O. The molecule has 2 aliphatic heterocycles. The van der Waals surface area contributed by atoms with E-state index in [-0.39, 0.29) is 19.8 Å². The van der Waals surface area contributed by atoms with Crippen LogP contribution in [0.4, 0.5) is 0 Å². The molecule has 0 aromatic heterocycles. The fourth-order valence-corrected chi connectivity index (χ4v) is 3.53. The zero-order valence-corrected chi connectivity index (χ0v) is 15.9. The Kier molecular flexibility index (Phi) is 8.81. The molecule has 2 rings (SSSR count). The van der Waals surface area contributed by atoms with E-state index in [2.05, 4.69) is 0 Å². The van der Waals surface area contributed by atoms with Crippen molar-refractivity contribution >= 4 is 0 Å². The number of aliphatic hydroxyl groups is 5. The van der Waals surface area contributed by atoms with Crippen LogP contribution < -0.4 is 0 Å². The molecule has 2 heterocycles. The average molecular weight is 396 g/mol. The predicted octanol–water partition coefficient (Wildman–Crippen LogP) is -2.59. The zero-order chi connectivity index (χ0) is 20.1. The number of aliphatic hydroxyl groups excluding tert-OH is 5. The topological polar surface area (TPSA) is 147 Å². The van der Waals surface area contributed by atoms with E-state index in [0.717, 1.165) is 0 Å². The summed E-state index contributed by atoms with van der Waals surface area (Å²) in [7, 11) is 2.86. The lowest BCUT2D eigenvalue weighted by Crippen LogP contribution is -2.61. The Labute approximate surface area is 158 Å². The van der Waals surface area contributed by atoms with Crippen LogP contribution in [-0.2, 0) is 23.7 Å². The summed E-state index contributed by atoms with van der Waals surface area (Å²) in [5.74, 6) is 0. The molecule has 0 spiro atoms. The molecule has 2 saturated heterocycles. The highest BCUT2D eigenvalue weighted by molar-refractivity contribution is 4.94. The molecule has 10 nitrogen and oxygen atoms in total. The third kappa shape index (κ3) is 5.15. The van der Waals surface area contributed by atoms with Gasteiger partial charge in [-0.25, -0.2) is 0 Å². The van der Waals surface area contributed by atoms with Crippen LogP contribution in [0.5, 0.6) is 0 Å². The van der Waals surface area contributed by atoms with Gasteiger partial charge in [0.1, 0.15) is 54.9 Å². The van der Waals surface area contributed by atoms with Crippen molar-refractivity contribution in [2.45, 2.75) is 74.4 Å². The number of hydrogen-bond donors (Lipinski definition) is 5. The van der Waals surface area contributed by atoms with Gasteiger partial charge in [0.2, 0.25) is 0 Å². The van der Waals surface area contributed by atoms with Gasteiger partial charge in [0.25, 0.3) is 0 Å². The molecule has 0 radical (unpaired) electrons. The minimum atomic E-state index is -1.33. The number of methoxy groups -OCH3 is 2. The molecule has 2 aliphatic rings. The van der Waals surface area contributed by atoms with Gasteiger partial charge in [0.15, 0.2) is 0 Å². The maximum absolute atomic E-state index is 10.3. The van der Waals surface area contributed by atoms with Crippen LogP contribution in [0, 0.1) is 0 Å². The van der Waals surface area contributed by atoms with Crippen molar-refractivity contribution in [3.8, 4) is 0 Å². The first-order chi connectivity index (χ1) is 12.8. The highest BCUT2D eigenvalue weighted by atomic mass is 16.6. The quantitative estimate of drug-likeness (QED) is 0.296.